The topological polar surface area (TPSA) is 27.1 Å². The van der Waals surface area contributed by atoms with Crippen LogP contribution in [0.25, 0.3) is 0 Å². The molecule has 0 bridgehead atoms. The van der Waals surface area contributed by atoms with E-state index in [1.807, 2.05) is 12.3 Å². The Morgan fingerprint density at radius 2 is 2.57 bits per heavy atom. The summed E-state index contributed by atoms with van der Waals surface area (Å²) in [6.07, 6.45) is 7.22. The van der Waals surface area contributed by atoms with Gasteiger partial charge in [0.2, 0.25) is 0 Å². The summed E-state index contributed by atoms with van der Waals surface area (Å²) in [5.41, 5.74) is 0. The van der Waals surface area contributed by atoms with Gasteiger partial charge in [-0.15, -0.1) is 0 Å². The van der Waals surface area contributed by atoms with Crippen LogP contribution in [0, 0.1) is 5.41 Å². The van der Waals surface area contributed by atoms with Crippen LogP contribution in [0.3, 0.4) is 0 Å². The van der Waals surface area contributed by atoms with Gasteiger partial charge in [-0.05, 0) is 6.42 Å². The molecule has 2 nitrogen and oxygen atoms in total. The van der Waals surface area contributed by atoms with Gasteiger partial charge in [0, 0.05) is 12.7 Å². The van der Waals surface area contributed by atoms with Crippen molar-refractivity contribution in [2.75, 3.05) is 6.54 Å². The number of hydrogen-bond donors (Lipinski definition) is 1. The average Bonchev–Trinajstić information content (AvgIpc) is 2.14. The molecule has 1 heterocycles. The highest BCUT2D eigenvalue weighted by molar-refractivity contribution is 5.53. The van der Waals surface area contributed by atoms with Crippen molar-refractivity contribution in [3.8, 4) is 0 Å². The first-order valence-electron chi connectivity index (χ1n) is 2.29. The summed E-state index contributed by atoms with van der Waals surface area (Å²) < 4.78 is 0. The zero-order chi connectivity index (χ0) is 5.11. The maximum absolute atomic E-state index is 6.62. The Bertz CT molecular complexity index is 96.3. The molecule has 1 aliphatic rings. The van der Waals surface area contributed by atoms with E-state index in [2.05, 4.69) is 6.34 Å². The van der Waals surface area contributed by atoms with Crippen LogP contribution >= 0.6 is 0 Å². The smallest absolute Gasteiger partial charge is 0.168 e. The summed E-state index contributed by atoms with van der Waals surface area (Å²) in [5.74, 6) is 0. The van der Waals surface area contributed by atoms with E-state index in [4.69, 9.17) is 5.41 Å². The van der Waals surface area contributed by atoms with Crippen LogP contribution in [0.5, 0.6) is 0 Å². The number of nitrogens with one attached hydrogen (secondary N) is 1. The number of hydrogen-bond acceptors (Lipinski definition) is 1. The first-order valence-corrected chi connectivity index (χ1v) is 2.29. The number of rotatable bonds is 1. The summed E-state index contributed by atoms with van der Waals surface area (Å²) in [5, 5.41) is 6.62. The molecule has 0 aromatic rings. The molecule has 2 heteroatoms. The second-order valence-corrected chi connectivity index (χ2v) is 1.48. The molecule has 1 radical (unpaired) electrons. The Labute approximate surface area is 42.9 Å². The van der Waals surface area contributed by atoms with E-state index >= 15 is 0 Å². The van der Waals surface area contributed by atoms with E-state index in [9.17, 15) is 0 Å². The van der Waals surface area contributed by atoms with Crippen molar-refractivity contribution in [1.82, 2.24) is 4.90 Å². The monoisotopic (exact) mass is 95.1 g/mol. The van der Waals surface area contributed by atoms with Gasteiger partial charge in [-0.3, -0.25) is 5.41 Å². The van der Waals surface area contributed by atoms with E-state index in [-0.39, 0.29) is 0 Å². The molecule has 1 N–H and O–H groups in total. The molecule has 0 aromatic heterocycles. The summed E-state index contributed by atoms with van der Waals surface area (Å²) >= 11 is 0. The average molecular weight is 95.1 g/mol. The number of nitrogens with zero attached hydrogens (tertiary/aromatic N) is 1. The molecule has 0 spiro atoms. The Balaban J connectivity index is 2.42. The van der Waals surface area contributed by atoms with E-state index in [0.29, 0.717) is 0 Å². The maximum atomic E-state index is 6.62. The molecule has 0 atom stereocenters. The van der Waals surface area contributed by atoms with Gasteiger partial charge >= 0.3 is 0 Å². The molecule has 37 valence electrons. The second kappa shape index (κ2) is 1.78. The summed E-state index contributed by atoms with van der Waals surface area (Å²) in [7, 11) is 0. The highest BCUT2D eigenvalue weighted by atomic mass is 15.1. The molecule has 0 amide bonds. The Morgan fingerprint density at radius 1 is 1.71 bits per heavy atom. The third-order valence-corrected chi connectivity index (χ3v) is 0.966. The summed E-state index contributed by atoms with van der Waals surface area (Å²) in [4.78, 5) is 1.72. The van der Waals surface area contributed by atoms with Gasteiger partial charge in [0.25, 0.3) is 0 Å². The highest BCUT2D eigenvalue weighted by Crippen LogP contribution is 1.98. The van der Waals surface area contributed by atoms with Gasteiger partial charge in [0.15, 0.2) is 6.34 Å². The van der Waals surface area contributed by atoms with Gasteiger partial charge < -0.3 is 4.90 Å². The molecule has 1 rings (SSSR count). The molecular formula is C5H7N2. The molecular weight excluding hydrogens is 88.1 g/mol. The largest absolute Gasteiger partial charge is 0.330 e. The molecule has 1 aliphatic heterocycles. The van der Waals surface area contributed by atoms with Gasteiger partial charge in [-0.1, -0.05) is 6.08 Å². The quantitative estimate of drug-likeness (QED) is 0.376. The van der Waals surface area contributed by atoms with Gasteiger partial charge in [0.05, 0.1) is 0 Å². The Kier molecular flexibility index (Phi) is 1.11. The fourth-order valence-corrected chi connectivity index (χ4v) is 0.583. The van der Waals surface area contributed by atoms with Gasteiger partial charge in [-0.25, -0.2) is 0 Å². The minimum Gasteiger partial charge on any atom is -0.330 e. The lowest BCUT2D eigenvalue weighted by molar-refractivity contribution is 0.616. The van der Waals surface area contributed by atoms with Crippen molar-refractivity contribution < 1.29 is 0 Å². The first kappa shape index (κ1) is 4.37. The van der Waals surface area contributed by atoms with E-state index in [0.717, 1.165) is 13.0 Å². The third kappa shape index (κ3) is 0.796. The van der Waals surface area contributed by atoms with Crippen LogP contribution < -0.4 is 0 Å². The minimum absolute atomic E-state index is 0.934. The molecule has 0 unspecified atom stereocenters. The lowest BCUT2D eigenvalue weighted by Crippen LogP contribution is -2.09. The Hall–Kier alpha value is -0.790. The molecule has 0 aliphatic carbocycles. The van der Waals surface area contributed by atoms with Crippen LogP contribution in [-0.4, -0.2) is 17.8 Å². The second-order valence-electron chi connectivity index (χ2n) is 1.48. The lowest BCUT2D eigenvalue weighted by Gasteiger charge is -2.01. The van der Waals surface area contributed by atoms with Crippen LogP contribution in [-0.2, 0) is 0 Å². The van der Waals surface area contributed by atoms with Crippen molar-refractivity contribution in [3.05, 3.63) is 12.3 Å². The van der Waals surface area contributed by atoms with E-state index in [1.165, 1.54) is 0 Å². The molecule has 0 saturated carbocycles. The molecule has 0 aromatic carbocycles. The van der Waals surface area contributed by atoms with Gasteiger partial charge in [-0.2, -0.15) is 0 Å². The van der Waals surface area contributed by atoms with Crippen molar-refractivity contribution in [2.24, 2.45) is 0 Å². The standard InChI is InChI=1S/C5H7N2/c6-5-7-3-1-2-4-7/h1,3,6H,2,4H2. The van der Waals surface area contributed by atoms with Gasteiger partial charge in [0.1, 0.15) is 0 Å². The lowest BCUT2D eigenvalue weighted by atomic mass is 10.5. The molecule has 7 heavy (non-hydrogen) atoms. The fourth-order valence-electron chi connectivity index (χ4n) is 0.583. The van der Waals surface area contributed by atoms with E-state index in [1.54, 1.807) is 4.90 Å². The first-order chi connectivity index (χ1) is 3.43. The highest BCUT2D eigenvalue weighted by Gasteiger charge is 1.97. The van der Waals surface area contributed by atoms with Crippen LogP contribution in [0.1, 0.15) is 6.42 Å². The van der Waals surface area contributed by atoms with Crippen LogP contribution in [0.15, 0.2) is 12.3 Å². The molecule has 0 fully saturated rings. The fraction of sp³-hybridized carbons (Fsp3) is 0.400. The zero-order valence-corrected chi connectivity index (χ0v) is 4.02. The van der Waals surface area contributed by atoms with Crippen molar-refractivity contribution >= 4 is 6.34 Å². The third-order valence-electron chi connectivity index (χ3n) is 0.966. The Morgan fingerprint density at radius 3 is 2.86 bits per heavy atom. The normalized spacial score (nSPS) is 18.0. The van der Waals surface area contributed by atoms with Crippen LogP contribution in [0.2, 0.25) is 0 Å². The maximum Gasteiger partial charge on any atom is 0.168 e. The SMILES string of the molecule is N=[C]N1C=CCC1. The van der Waals surface area contributed by atoms with Crippen molar-refractivity contribution in [2.45, 2.75) is 6.42 Å². The predicted octanol–water partition coefficient (Wildman–Crippen LogP) is 0.690. The van der Waals surface area contributed by atoms with Crippen molar-refractivity contribution in [3.63, 3.8) is 0 Å². The predicted molar refractivity (Wildman–Crippen MR) is 28.2 cm³/mol. The zero-order valence-electron chi connectivity index (χ0n) is 4.02. The van der Waals surface area contributed by atoms with Crippen molar-refractivity contribution in [1.29, 1.82) is 5.41 Å². The molecule has 0 saturated heterocycles. The summed E-state index contributed by atoms with van der Waals surface area (Å²) in [6.45, 7) is 0.934. The van der Waals surface area contributed by atoms with E-state index < -0.39 is 0 Å². The summed E-state index contributed by atoms with van der Waals surface area (Å²) in [6, 6.07) is 0. The van der Waals surface area contributed by atoms with Crippen LogP contribution in [0.4, 0.5) is 0 Å². The minimum atomic E-state index is 0.934.